The summed E-state index contributed by atoms with van der Waals surface area (Å²) in [7, 11) is 0. The van der Waals surface area contributed by atoms with Crippen molar-refractivity contribution < 1.29 is 14.4 Å². The van der Waals surface area contributed by atoms with Crippen LogP contribution in [0.25, 0.3) is 10.8 Å². The number of benzene rings is 3. The van der Waals surface area contributed by atoms with Gasteiger partial charge in [-0.15, -0.1) is 0 Å². The van der Waals surface area contributed by atoms with E-state index in [2.05, 4.69) is 21.2 Å². The van der Waals surface area contributed by atoms with E-state index in [1.54, 1.807) is 22.8 Å². The molecular formula is C29H30BrN3O3. The van der Waals surface area contributed by atoms with Gasteiger partial charge in [0.05, 0.1) is 5.69 Å². The summed E-state index contributed by atoms with van der Waals surface area (Å²) < 4.78 is 0.945. The number of anilines is 1. The smallest absolute Gasteiger partial charge is 0.259 e. The molecule has 0 aromatic heterocycles. The van der Waals surface area contributed by atoms with Crippen LogP contribution in [0.5, 0.6) is 0 Å². The molecule has 1 unspecified atom stereocenters. The summed E-state index contributed by atoms with van der Waals surface area (Å²) in [5.41, 5.74) is 2.27. The Morgan fingerprint density at radius 3 is 2.44 bits per heavy atom. The van der Waals surface area contributed by atoms with Crippen molar-refractivity contribution in [3.8, 4) is 0 Å². The van der Waals surface area contributed by atoms with Crippen LogP contribution in [0.2, 0.25) is 0 Å². The Morgan fingerprint density at radius 1 is 1.03 bits per heavy atom. The fraction of sp³-hybridized carbons (Fsp3) is 0.345. The van der Waals surface area contributed by atoms with Crippen LogP contribution in [0.15, 0.2) is 65.1 Å². The highest BCUT2D eigenvalue weighted by Gasteiger charge is 2.34. The van der Waals surface area contributed by atoms with Crippen LogP contribution in [0.3, 0.4) is 0 Å². The van der Waals surface area contributed by atoms with Crippen LogP contribution >= 0.6 is 15.9 Å². The molecule has 186 valence electrons. The van der Waals surface area contributed by atoms with Gasteiger partial charge in [0.2, 0.25) is 11.8 Å². The molecule has 0 radical (unpaired) electrons. The van der Waals surface area contributed by atoms with E-state index >= 15 is 0 Å². The Hall–Kier alpha value is -3.19. The van der Waals surface area contributed by atoms with Crippen molar-refractivity contribution in [3.63, 3.8) is 0 Å². The molecule has 5 rings (SSSR count). The molecule has 1 aliphatic heterocycles. The van der Waals surface area contributed by atoms with Gasteiger partial charge in [-0.05, 0) is 55.0 Å². The van der Waals surface area contributed by atoms with Gasteiger partial charge in [0.25, 0.3) is 5.91 Å². The Kier molecular flexibility index (Phi) is 7.10. The molecule has 0 spiro atoms. The van der Waals surface area contributed by atoms with Crippen LogP contribution < -0.4 is 10.2 Å². The predicted molar refractivity (Wildman–Crippen MR) is 145 cm³/mol. The van der Waals surface area contributed by atoms with Gasteiger partial charge in [-0.2, -0.15) is 0 Å². The second-order valence-electron chi connectivity index (χ2n) is 9.74. The van der Waals surface area contributed by atoms with E-state index in [1.807, 2.05) is 54.6 Å². The normalized spacial score (nSPS) is 16.3. The molecule has 1 fully saturated rings. The lowest BCUT2D eigenvalue weighted by atomic mass is 9.95. The number of rotatable bonds is 7. The van der Waals surface area contributed by atoms with Gasteiger partial charge in [-0.25, -0.2) is 0 Å². The Balaban J connectivity index is 1.39. The highest BCUT2D eigenvalue weighted by Crippen LogP contribution is 2.37. The van der Waals surface area contributed by atoms with Crippen molar-refractivity contribution in [2.75, 3.05) is 11.4 Å². The Labute approximate surface area is 219 Å². The van der Waals surface area contributed by atoms with E-state index in [9.17, 15) is 14.4 Å². The van der Waals surface area contributed by atoms with Crippen LogP contribution in [0.4, 0.5) is 5.69 Å². The van der Waals surface area contributed by atoms with Crippen molar-refractivity contribution in [2.45, 2.75) is 57.7 Å². The molecule has 1 saturated carbocycles. The fourth-order valence-corrected chi connectivity index (χ4v) is 5.56. The van der Waals surface area contributed by atoms with Crippen molar-refractivity contribution in [3.05, 3.63) is 76.3 Å². The number of hydrogen-bond acceptors (Lipinski definition) is 3. The van der Waals surface area contributed by atoms with E-state index in [1.165, 1.54) is 6.42 Å². The molecule has 0 saturated heterocycles. The summed E-state index contributed by atoms with van der Waals surface area (Å²) in [6.07, 6.45) is 5.39. The van der Waals surface area contributed by atoms with E-state index in [-0.39, 0.29) is 36.9 Å². The number of amides is 3. The zero-order valence-electron chi connectivity index (χ0n) is 20.4. The van der Waals surface area contributed by atoms with E-state index in [0.29, 0.717) is 5.56 Å². The lowest BCUT2D eigenvalue weighted by Crippen LogP contribution is -2.52. The summed E-state index contributed by atoms with van der Waals surface area (Å²) in [4.78, 5) is 43.4. The molecule has 2 aliphatic rings. The molecule has 1 heterocycles. The monoisotopic (exact) mass is 547 g/mol. The van der Waals surface area contributed by atoms with Crippen LogP contribution in [-0.4, -0.2) is 41.2 Å². The molecule has 1 atom stereocenters. The maximum atomic E-state index is 13.8. The quantitative estimate of drug-likeness (QED) is 0.428. The molecule has 3 amide bonds. The molecular weight excluding hydrogens is 518 g/mol. The van der Waals surface area contributed by atoms with Crippen molar-refractivity contribution in [2.24, 2.45) is 0 Å². The first kappa shape index (κ1) is 24.5. The lowest BCUT2D eigenvalue weighted by molar-refractivity contribution is -0.139. The number of halogens is 1. The summed E-state index contributed by atoms with van der Waals surface area (Å²) in [6.45, 7) is 1.94. The molecule has 3 aromatic carbocycles. The van der Waals surface area contributed by atoms with E-state index in [4.69, 9.17) is 0 Å². The third-order valence-corrected chi connectivity index (χ3v) is 7.86. The third-order valence-electron chi connectivity index (χ3n) is 7.33. The molecule has 7 heteroatoms. The maximum absolute atomic E-state index is 13.8. The number of nitrogens with zero attached hydrogens (tertiary/aromatic N) is 2. The lowest BCUT2D eigenvalue weighted by Gasteiger charge is -2.32. The van der Waals surface area contributed by atoms with E-state index < -0.39 is 6.04 Å². The van der Waals surface area contributed by atoms with Crippen LogP contribution in [-0.2, 0) is 16.1 Å². The predicted octanol–water partition coefficient (Wildman–Crippen LogP) is 5.43. The first-order chi connectivity index (χ1) is 17.4. The standard InChI is InChI=1S/C29H30BrN3O3/c1-19(28(35)31-23-9-3-2-4-10-23)32(17-20-13-15-22(30)16-14-20)26(34)18-33-25-12-6-8-21-7-5-11-24(27(21)25)29(33)36/h5-8,11-16,19,23H,2-4,9-10,17-18H2,1H3,(H,31,35). The van der Waals surface area contributed by atoms with Gasteiger partial charge in [0.15, 0.2) is 0 Å². The first-order valence-electron chi connectivity index (χ1n) is 12.6. The average molecular weight is 548 g/mol. The number of hydrogen-bond donors (Lipinski definition) is 1. The zero-order chi connectivity index (χ0) is 25.2. The summed E-state index contributed by atoms with van der Waals surface area (Å²) in [5, 5.41) is 5.01. The minimum Gasteiger partial charge on any atom is -0.352 e. The Morgan fingerprint density at radius 2 is 1.72 bits per heavy atom. The van der Waals surface area contributed by atoms with Crippen molar-refractivity contribution in [1.82, 2.24) is 10.2 Å². The second-order valence-corrected chi connectivity index (χ2v) is 10.7. The average Bonchev–Trinajstić information content (AvgIpc) is 3.16. The topological polar surface area (TPSA) is 69.7 Å². The molecule has 0 bridgehead atoms. The van der Waals surface area contributed by atoms with E-state index in [0.717, 1.165) is 52.2 Å². The Bertz CT molecular complexity index is 1300. The maximum Gasteiger partial charge on any atom is 0.259 e. The van der Waals surface area contributed by atoms with Gasteiger partial charge in [0.1, 0.15) is 12.6 Å². The summed E-state index contributed by atoms with van der Waals surface area (Å²) >= 11 is 3.45. The highest BCUT2D eigenvalue weighted by atomic mass is 79.9. The van der Waals surface area contributed by atoms with Crippen LogP contribution in [0.1, 0.15) is 54.9 Å². The molecule has 1 aliphatic carbocycles. The van der Waals surface area contributed by atoms with Crippen molar-refractivity contribution in [1.29, 1.82) is 0 Å². The summed E-state index contributed by atoms with van der Waals surface area (Å²) in [5.74, 6) is -0.592. The van der Waals surface area contributed by atoms with Crippen LogP contribution in [0, 0.1) is 0 Å². The second kappa shape index (κ2) is 10.4. The van der Waals surface area contributed by atoms with Gasteiger partial charge in [-0.3, -0.25) is 19.3 Å². The fourth-order valence-electron chi connectivity index (χ4n) is 5.30. The SMILES string of the molecule is CC(C(=O)NC1CCCCC1)N(Cc1ccc(Br)cc1)C(=O)CN1C(=O)c2cccc3cccc1c23. The van der Waals surface area contributed by atoms with Gasteiger partial charge in [0, 0.05) is 28.0 Å². The molecule has 3 aromatic rings. The van der Waals surface area contributed by atoms with Gasteiger partial charge < -0.3 is 10.2 Å². The first-order valence-corrected chi connectivity index (χ1v) is 13.4. The molecule has 1 N–H and O–H groups in total. The summed E-state index contributed by atoms with van der Waals surface area (Å²) in [6, 6.07) is 18.6. The van der Waals surface area contributed by atoms with Gasteiger partial charge >= 0.3 is 0 Å². The number of nitrogens with one attached hydrogen (secondary N) is 1. The third kappa shape index (κ3) is 4.89. The van der Waals surface area contributed by atoms with Gasteiger partial charge in [-0.1, -0.05) is 71.6 Å². The number of carbonyl (C=O) groups is 3. The minimum absolute atomic E-state index is 0.121. The highest BCUT2D eigenvalue weighted by molar-refractivity contribution is 9.10. The molecule has 36 heavy (non-hydrogen) atoms. The van der Waals surface area contributed by atoms with Crippen molar-refractivity contribution >= 4 is 50.1 Å². The minimum atomic E-state index is -0.668. The molecule has 6 nitrogen and oxygen atoms in total. The zero-order valence-corrected chi connectivity index (χ0v) is 22.0. The largest absolute Gasteiger partial charge is 0.352 e. The number of carbonyl (C=O) groups excluding carboxylic acids is 3.